The molecular weight excluding hydrogens is 188 g/mol. The van der Waals surface area contributed by atoms with Crippen molar-refractivity contribution in [2.75, 3.05) is 19.6 Å². The third kappa shape index (κ3) is 4.04. The lowest BCUT2D eigenvalue weighted by Crippen LogP contribution is -2.45. The van der Waals surface area contributed by atoms with Crippen molar-refractivity contribution >= 4 is 5.91 Å². The topological polar surface area (TPSA) is 32.3 Å². The molecule has 0 aromatic carbocycles. The fraction of sp³-hybridized carbons (Fsp3) is 0.750. The average molecular weight is 210 g/mol. The number of amides is 1. The van der Waals surface area contributed by atoms with Crippen molar-refractivity contribution in [3.05, 3.63) is 12.7 Å². The number of hydrogen-bond donors (Lipinski definition) is 1. The van der Waals surface area contributed by atoms with Crippen LogP contribution in [-0.2, 0) is 4.79 Å². The zero-order valence-electron chi connectivity index (χ0n) is 9.67. The minimum Gasteiger partial charge on any atom is -0.338 e. The van der Waals surface area contributed by atoms with Gasteiger partial charge in [0.2, 0.25) is 5.91 Å². The van der Waals surface area contributed by atoms with Crippen LogP contribution in [-0.4, -0.2) is 36.5 Å². The maximum atomic E-state index is 11.6. The minimum absolute atomic E-state index is 0.0595. The van der Waals surface area contributed by atoms with E-state index in [1.54, 1.807) is 0 Å². The fourth-order valence-electron chi connectivity index (χ4n) is 2.04. The zero-order chi connectivity index (χ0) is 11.1. The van der Waals surface area contributed by atoms with E-state index in [4.69, 9.17) is 0 Å². The first-order valence-electron chi connectivity index (χ1n) is 5.92. The first-order chi connectivity index (χ1) is 7.27. The molecule has 0 aliphatic carbocycles. The normalized spacial score (nSPS) is 21.0. The van der Waals surface area contributed by atoms with Crippen molar-refractivity contribution in [3.8, 4) is 0 Å². The van der Waals surface area contributed by atoms with E-state index in [1.165, 1.54) is 25.3 Å². The van der Waals surface area contributed by atoms with Gasteiger partial charge in [0.1, 0.15) is 0 Å². The van der Waals surface area contributed by atoms with Gasteiger partial charge in [0.15, 0.2) is 0 Å². The Labute approximate surface area is 92.5 Å². The third-order valence-electron chi connectivity index (χ3n) is 2.83. The SMILES string of the molecule is C=CC(=O)N(CCC)CC1CCCCN1. The van der Waals surface area contributed by atoms with Gasteiger partial charge < -0.3 is 10.2 Å². The maximum Gasteiger partial charge on any atom is 0.246 e. The van der Waals surface area contributed by atoms with Gasteiger partial charge in [-0.1, -0.05) is 19.9 Å². The highest BCUT2D eigenvalue weighted by Crippen LogP contribution is 2.09. The van der Waals surface area contributed by atoms with Gasteiger partial charge >= 0.3 is 0 Å². The molecule has 3 nitrogen and oxygen atoms in total. The van der Waals surface area contributed by atoms with E-state index in [2.05, 4.69) is 18.8 Å². The molecule has 1 saturated heterocycles. The monoisotopic (exact) mass is 210 g/mol. The van der Waals surface area contributed by atoms with Crippen LogP contribution in [0.3, 0.4) is 0 Å². The maximum absolute atomic E-state index is 11.6. The quantitative estimate of drug-likeness (QED) is 0.698. The summed E-state index contributed by atoms with van der Waals surface area (Å²) in [7, 11) is 0. The molecule has 1 unspecified atom stereocenters. The minimum atomic E-state index is 0.0595. The number of hydrogen-bond acceptors (Lipinski definition) is 2. The van der Waals surface area contributed by atoms with E-state index in [0.717, 1.165) is 26.1 Å². The molecule has 15 heavy (non-hydrogen) atoms. The summed E-state index contributed by atoms with van der Waals surface area (Å²) in [5.41, 5.74) is 0. The second-order valence-electron chi connectivity index (χ2n) is 4.14. The molecule has 0 saturated carbocycles. The Bertz CT molecular complexity index is 210. The van der Waals surface area contributed by atoms with Crippen molar-refractivity contribution in [3.63, 3.8) is 0 Å². The molecule has 0 radical (unpaired) electrons. The second-order valence-corrected chi connectivity index (χ2v) is 4.14. The first-order valence-corrected chi connectivity index (χ1v) is 5.92. The Hall–Kier alpha value is -0.830. The van der Waals surface area contributed by atoms with Crippen molar-refractivity contribution in [2.45, 2.75) is 38.6 Å². The molecule has 3 heteroatoms. The summed E-state index contributed by atoms with van der Waals surface area (Å²) >= 11 is 0. The van der Waals surface area contributed by atoms with Crippen LogP contribution in [0.15, 0.2) is 12.7 Å². The summed E-state index contributed by atoms with van der Waals surface area (Å²) in [6.45, 7) is 8.40. The predicted molar refractivity (Wildman–Crippen MR) is 62.7 cm³/mol. The van der Waals surface area contributed by atoms with Gasteiger partial charge in [-0.05, 0) is 31.9 Å². The van der Waals surface area contributed by atoms with Gasteiger partial charge in [-0.2, -0.15) is 0 Å². The molecule has 1 aliphatic heterocycles. The summed E-state index contributed by atoms with van der Waals surface area (Å²) < 4.78 is 0. The molecule has 1 aliphatic rings. The Morgan fingerprint density at radius 1 is 1.60 bits per heavy atom. The standard InChI is InChI=1S/C12H22N2O/c1-3-9-14(12(15)4-2)10-11-7-5-6-8-13-11/h4,11,13H,2-3,5-10H2,1H3. The Kier molecular flexibility index (Phi) is 5.40. The van der Waals surface area contributed by atoms with Crippen molar-refractivity contribution < 1.29 is 4.79 Å². The van der Waals surface area contributed by atoms with Gasteiger partial charge in [0, 0.05) is 19.1 Å². The number of carbonyl (C=O) groups is 1. The van der Waals surface area contributed by atoms with E-state index in [-0.39, 0.29) is 5.91 Å². The van der Waals surface area contributed by atoms with Crippen LogP contribution in [0.25, 0.3) is 0 Å². The molecular formula is C12H22N2O. The van der Waals surface area contributed by atoms with Crippen LogP contribution in [0.2, 0.25) is 0 Å². The fourth-order valence-corrected chi connectivity index (χ4v) is 2.04. The molecule has 1 amide bonds. The van der Waals surface area contributed by atoms with Crippen LogP contribution < -0.4 is 5.32 Å². The number of nitrogens with one attached hydrogen (secondary N) is 1. The Morgan fingerprint density at radius 2 is 2.40 bits per heavy atom. The Morgan fingerprint density at radius 3 is 2.93 bits per heavy atom. The van der Waals surface area contributed by atoms with Gasteiger partial charge in [-0.25, -0.2) is 0 Å². The molecule has 0 aromatic heterocycles. The highest BCUT2D eigenvalue weighted by Gasteiger charge is 2.18. The predicted octanol–water partition coefficient (Wildman–Crippen LogP) is 1.55. The summed E-state index contributed by atoms with van der Waals surface area (Å²) in [5.74, 6) is 0.0595. The lowest BCUT2D eigenvalue weighted by molar-refractivity contribution is -0.126. The molecule has 1 heterocycles. The number of rotatable bonds is 5. The van der Waals surface area contributed by atoms with E-state index in [9.17, 15) is 4.79 Å². The molecule has 1 fully saturated rings. The van der Waals surface area contributed by atoms with Crippen LogP contribution >= 0.6 is 0 Å². The molecule has 1 N–H and O–H groups in total. The molecule has 0 bridgehead atoms. The molecule has 0 spiro atoms. The van der Waals surface area contributed by atoms with Crippen molar-refractivity contribution in [1.29, 1.82) is 0 Å². The van der Waals surface area contributed by atoms with E-state index >= 15 is 0 Å². The van der Waals surface area contributed by atoms with Crippen LogP contribution in [0.5, 0.6) is 0 Å². The van der Waals surface area contributed by atoms with E-state index in [0.29, 0.717) is 6.04 Å². The van der Waals surface area contributed by atoms with Crippen LogP contribution in [0.1, 0.15) is 32.6 Å². The third-order valence-corrected chi connectivity index (χ3v) is 2.83. The molecule has 1 rings (SSSR count). The molecule has 1 atom stereocenters. The van der Waals surface area contributed by atoms with Gasteiger partial charge in [-0.15, -0.1) is 0 Å². The van der Waals surface area contributed by atoms with E-state index < -0.39 is 0 Å². The van der Waals surface area contributed by atoms with Gasteiger partial charge in [0.25, 0.3) is 0 Å². The largest absolute Gasteiger partial charge is 0.338 e. The zero-order valence-corrected chi connectivity index (χ0v) is 9.67. The highest BCUT2D eigenvalue weighted by atomic mass is 16.2. The van der Waals surface area contributed by atoms with Crippen LogP contribution in [0, 0.1) is 0 Å². The summed E-state index contributed by atoms with van der Waals surface area (Å²) in [5, 5.41) is 3.46. The Balaban J connectivity index is 2.41. The lowest BCUT2D eigenvalue weighted by Gasteiger charge is -2.29. The molecule has 0 aromatic rings. The van der Waals surface area contributed by atoms with Crippen molar-refractivity contribution in [2.24, 2.45) is 0 Å². The lowest BCUT2D eigenvalue weighted by atomic mass is 10.0. The molecule has 86 valence electrons. The average Bonchev–Trinajstić information content (AvgIpc) is 2.29. The first kappa shape index (κ1) is 12.2. The smallest absolute Gasteiger partial charge is 0.246 e. The van der Waals surface area contributed by atoms with Crippen molar-refractivity contribution in [1.82, 2.24) is 10.2 Å². The summed E-state index contributed by atoms with van der Waals surface area (Å²) in [6, 6.07) is 0.481. The highest BCUT2D eigenvalue weighted by molar-refractivity contribution is 5.87. The summed E-state index contributed by atoms with van der Waals surface area (Å²) in [6.07, 6.45) is 6.15. The number of piperidine rings is 1. The van der Waals surface area contributed by atoms with Gasteiger partial charge in [0.05, 0.1) is 0 Å². The number of nitrogens with zero attached hydrogens (tertiary/aromatic N) is 1. The van der Waals surface area contributed by atoms with Gasteiger partial charge in [-0.3, -0.25) is 4.79 Å². The number of carbonyl (C=O) groups excluding carboxylic acids is 1. The van der Waals surface area contributed by atoms with E-state index in [1.807, 2.05) is 4.90 Å². The second kappa shape index (κ2) is 6.62. The van der Waals surface area contributed by atoms with Crippen LogP contribution in [0.4, 0.5) is 0 Å². The summed E-state index contributed by atoms with van der Waals surface area (Å²) in [4.78, 5) is 13.5.